The Balaban J connectivity index is 1.18. The van der Waals surface area contributed by atoms with Crippen molar-refractivity contribution in [2.75, 3.05) is 19.6 Å². The summed E-state index contributed by atoms with van der Waals surface area (Å²) in [5.74, 6) is -2.15. The monoisotopic (exact) mass is 587 g/mol. The van der Waals surface area contributed by atoms with Gasteiger partial charge in [-0.15, -0.1) is 0 Å². The lowest BCUT2D eigenvalue weighted by Gasteiger charge is -2.30. The molecule has 2 aromatic carbocycles. The molecule has 0 saturated heterocycles. The van der Waals surface area contributed by atoms with Gasteiger partial charge in [-0.25, -0.2) is 18.2 Å². The predicted octanol–water partition coefficient (Wildman–Crippen LogP) is 3.90. The standard InChI is InChI=1S/C31H28F3N7O2/c1-39-15-24(29(38-39)20-2-4-21(32)5-3-20)23-8-9-37-27-16-41(30(42)28(23)27)13-11-35-17-31(43,18-40-12-10-36-19-40)25-7-6-22(33)14-26(25)34/h2-10,12,14-15,19,35,43H,11,13,16-18H2,1H3/t31-/m0/s1. The summed E-state index contributed by atoms with van der Waals surface area (Å²) in [6.07, 6.45) is 8.16. The third kappa shape index (κ3) is 5.66. The summed E-state index contributed by atoms with van der Waals surface area (Å²) in [6, 6.07) is 10.9. The van der Waals surface area contributed by atoms with Gasteiger partial charge in [0, 0.05) is 79.8 Å². The zero-order chi connectivity index (χ0) is 30.1. The van der Waals surface area contributed by atoms with Crippen LogP contribution in [0.5, 0.6) is 0 Å². The molecule has 0 fully saturated rings. The van der Waals surface area contributed by atoms with Crippen LogP contribution < -0.4 is 5.32 Å². The third-order valence-electron chi connectivity index (χ3n) is 7.52. The van der Waals surface area contributed by atoms with Crippen molar-refractivity contribution in [3.63, 3.8) is 0 Å². The first kappa shape index (κ1) is 28.3. The normalized spacial score (nSPS) is 14.3. The number of nitrogens with zero attached hydrogens (tertiary/aromatic N) is 6. The fourth-order valence-electron chi connectivity index (χ4n) is 5.48. The minimum atomic E-state index is -1.72. The third-order valence-corrected chi connectivity index (χ3v) is 7.52. The van der Waals surface area contributed by atoms with Gasteiger partial charge in [0.2, 0.25) is 0 Å². The summed E-state index contributed by atoms with van der Waals surface area (Å²) in [5.41, 5.74) is 2.07. The quantitative estimate of drug-likeness (QED) is 0.241. The smallest absolute Gasteiger partial charge is 0.256 e. The van der Waals surface area contributed by atoms with E-state index in [2.05, 4.69) is 20.4 Å². The van der Waals surface area contributed by atoms with Crippen LogP contribution in [0.1, 0.15) is 21.6 Å². The second-order valence-corrected chi connectivity index (χ2v) is 10.5. The number of aliphatic hydroxyl groups is 1. The van der Waals surface area contributed by atoms with Gasteiger partial charge >= 0.3 is 0 Å². The van der Waals surface area contributed by atoms with Crippen molar-refractivity contribution in [3.05, 3.63) is 114 Å². The zero-order valence-electron chi connectivity index (χ0n) is 23.2. The van der Waals surface area contributed by atoms with Crippen LogP contribution in [0.15, 0.2) is 79.6 Å². The maximum atomic E-state index is 14.7. The fourth-order valence-corrected chi connectivity index (χ4v) is 5.48. The predicted molar refractivity (Wildman–Crippen MR) is 152 cm³/mol. The average Bonchev–Trinajstić information content (AvgIpc) is 3.71. The zero-order valence-corrected chi connectivity index (χ0v) is 23.2. The van der Waals surface area contributed by atoms with Gasteiger partial charge in [-0.05, 0) is 36.4 Å². The highest BCUT2D eigenvalue weighted by Crippen LogP contribution is 2.36. The van der Waals surface area contributed by atoms with Crippen LogP contribution in [0.25, 0.3) is 22.4 Å². The number of benzene rings is 2. The molecule has 0 aliphatic carbocycles. The fraction of sp³-hybridized carbons (Fsp3) is 0.226. The van der Waals surface area contributed by atoms with Crippen molar-refractivity contribution in [1.29, 1.82) is 0 Å². The van der Waals surface area contributed by atoms with E-state index in [1.165, 1.54) is 24.5 Å². The maximum Gasteiger partial charge on any atom is 0.256 e. The topological polar surface area (TPSA) is 101 Å². The molecule has 12 heteroatoms. The molecule has 6 rings (SSSR count). The summed E-state index contributed by atoms with van der Waals surface area (Å²) in [5, 5.41) is 19.2. The van der Waals surface area contributed by atoms with Crippen LogP contribution >= 0.6 is 0 Å². The number of nitrogens with one attached hydrogen (secondary N) is 1. The van der Waals surface area contributed by atoms with Gasteiger partial charge in [-0.1, -0.05) is 6.07 Å². The molecular formula is C31H28F3N7O2. The Labute approximate surface area is 245 Å². The molecule has 1 aliphatic rings. The molecule has 0 radical (unpaired) electrons. The molecule has 43 heavy (non-hydrogen) atoms. The molecular weight excluding hydrogens is 559 g/mol. The van der Waals surface area contributed by atoms with Crippen molar-refractivity contribution in [1.82, 2.24) is 34.5 Å². The summed E-state index contributed by atoms with van der Waals surface area (Å²) < 4.78 is 45.1. The van der Waals surface area contributed by atoms with E-state index in [1.54, 1.807) is 58.0 Å². The van der Waals surface area contributed by atoms with Crippen molar-refractivity contribution in [2.45, 2.75) is 18.7 Å². The lowest BCUT2D eigenvalue weighted by molar-refractivity contribution is 0.0151. The Hall–Kier alpha value is -4.81. The van der Waals surface area contributed by atoms with Gasteiger partial charge in [0.25, 0.3) is 5.91 Å². The number of hydrogen-bond donors (Lipinski definition) is 2. The highest BCUT2D eigenvalue weighted by molar-refractivity contribution is 6.05. The first-order valence-corrected chi connectivity index (χ1v) is 13.6. The first-order chi connectivity index (χ1) is 20.7. The first-order valence-electron chi connectivity index (χ1n) is 13.6. The van der Waals surface area contributed by atoms with E-state index < -0.39 is 17.2 Å². The largest absolute Gasteiger partial charge is 0.382 e. The minimum Gasteiger partial charge on any atom is -0.382 e. The van der Waals surface area contributed by atoms with Crippen LogP contribution in [-0.4, -0.2) is 59.9 Å². The molecule has 9 nitrogen and oxygen atoms in total. The Bertz CT molecular complexity index is 1770. The van der Waals surface area contributed by atoms with E-state index in [4.69, 9.17) is 0 Å². The van der Waals surface area contributed by atoms with E-state index in [-0.39, 0.29) is 36.9 Å². The molecule has 2 N–H and O–H groups in total. The highest BCUT2D eigenvalue weighted by atomic mass is 19.1. The van der Waals surface area contributed by atoms with E-state index in [9.17, 15) is 23.1 Å². The number of halogens is 3. The molecule has 4 heterocycles. The number of pyridine rings is 1. The second-order valence-electron chi connectivity index (χ2n) is 10.5. The summed E-state index contributed by atoms with van der Waals surface area (Å²) in [4.78, 5) is 23.7. The molecule has 1 amide bonds. The maximum absolute atomic E-state index is 14.7. The SMILES string of the molecule is Cn1cc(-c2ccnc3c2C(=O)N(CCNC[C@](O)(Cn2ccnc2)c2ccc(F)cc2F)C3)c(-c2ccc(F)cc2)n1. The van der Waals surface area contributed by atoms with Crippen LogP contribution in [0, 0.1) is 17.5 Å². The molecule has 220 valence electrons. The van der Waals surface area contributed by atoms with Gasteiger partial charge in [0.1, 0.15) is 28.7 Å². The summed E-state index contributed by atoms with van der Waals surface area (Å²) in [7, 11) is 1.78. The molecule has 0 unspecified atom stereocenters. The van der Waals surface area contributed by atoms with E-state index in [0.717, 1.165) is 23.3 Å². The van der Waals surface area contributed by atoms with Crippen molar-refractivity contribution >= 4 is 5.91 Å². The molecule has 0 saturated carbocycles. The van der Waals surface area contributed by atoms with Crippen LogP contribution in [0.2, 0.25) is 0 Å². The molecule has 1 atom stereocenters. The van der Waals surface area contributed by atoms with Gasteiger partial charge in [-0.2, -0.15) is 5.10 Å². The highest BCUT2D eigenvalue weighted by Gasteiger charge is 2.34. The van der Waals surface area contributed by atoms with Crippen molar-refractivity contribution < 1.29 is 23.1 Å². The molecule has 1 aliphatic heterocycles. The Morgan fingerprint density at radius 1 is 1.02 bits per heavy atom. The van der Waals surface area contributed by atoms with Crippen LogP contribution in [0.3, 0.4) is 0 Å². The van der Waals surface area contributed by atoms with Gasteiger partial charge in [0.15, 0.2) is 0 Å². The number of carbonyl (C=O) groups is 1. The van der Waals surface area contributed by atoms with Gasteiger partial charge < -0.3 is 19.9 Å². The Morgan fingerprint density at radius 3 is 2.56 bits per heavy atom. The lowest BCUT2D eigenvalue weighted by Crippen LogP contribution is -2.44. The Kier molecular flexibility index (Phi) is 7.55. The van der Waals surface area contributed by atoms with Gasteiger partial charge in [-0.3, -0.25) is 14.5 Å². The Morgan fingerprint density at radius 2 is 1.81 bits per heavy atom. The van der Waals surface area contributed by atoms with E-state index in [0.29, 0.717) is 35.6 Å². The summed E-state index contributed by atoms with van der Waals surface area (Å²) in [6.45, 7) is 0.785. The van der Waals surface area contributed by atoms with Gasteiger partial charge in [0.05, 0.1) is 30.7 Å². The minimum absolute atomic E-state index is 0.0224. The van der Waals surface area contributed by atoms with E-state index in [1.807, 2.05) is 6.20 Å². The molecule has 3 aromatic heterocycles. The lowest BCUT2D eigenvalue weighted by atomic mass is 9.92. The van der Waals surface area contributed by atoms with Crippen molar-refractivity contribution in [2.24, 2.45) is 7.05 Å². The number of rotatable bonds is 10. The molecule has 0 bridgehead atoms. The number of hydrogen-bond acceptors (Lipinski definition) is 6. The number of imidazole rings is 1. The number of carbonyl (C=O) groups excluding carboxylic acids is 1. The number of aromatic nitrogens is 5. The number of aryl methyl sites for hydroxylation is 1. The number of amides is 1. The second kappa shape index (κ2) is 11.5. The van der Waals surface area contributed by atoms with E-state index >= 15 is 0 Å². The molecule has 0 spiro atoms. The van der Waals surface area contributed by atoms with Crippen molar-refractivity contribution in [3.8, 4) is 22.4 Å². The van der Waals surface area contributed by atoms with Crippen LogP contribution in [-0.2, 0) is 25.7 Å². The van der Waals surface area contributed by atoms with Crippen LogP contribution in [0.4, 0.5) is 13.2 Å². The average molecular weight is 588 g/mol. The summed E-state index contributed by atoms with van der Waals surface area (Å²) >= 11 is 0. The number of fused-ring (bicyclic) bond motifs is 1. The molecule has 5 aromatic rings.